The molecule has 2 aromatic carbocycles. The van der Waals surface area contributed by atoms with E-state index in [1.54, 1.807) is 18.3 Å². The summed E-state index contributed by atoms with van der Waals surface area (Å²) in [5.74, 6) is 0.765. The zero-order valence-electron chi connectivity index (χ0n) is 11.1. The number of benzene rings is 2. The first-order chi connectivity index (χ1) is 9.72. The minimum atomic E-state index is -0.466. The minimum Gasteiger partial charge on any atom is -0.491 e. The Kier molecular flexibility index (Phi) is 3.67. The molecule has 0 aliphatic carbocycles. The fraction of sp³-hybridized carbons (Fsp3) is 0.188. The van der Waals surface area contributed by atoms with Gasteiger partial charge in [-0.2, -0.15) is 0 Å². The van der Waals surface area contributed by atoms with Crippen molar-refractivity contribution in [3.8, 4) is 16.3 Å². The average molecular weight is 285 g/mol. The lowest BCUT2D eigenvalue weighted by molar-refractivity contribution is 0.123. The van der Waals surface area contributed by atoms with Crippen molar-refractivity contribution in [2.24, 2.45) is 0 Å². The van der Waals surface area contributed by atoms with E-state index in [9.17, 15) is 5.11 Å². The molecule has 3 rings (SSSR count). The molecule has 0 fully saturated rings. The van der Waals surface area contributed by atoms with Gasteiger partial charge in [-0.15, -0.1) is 11.3 Å². The van der Waals surface area contributed by atoms with Crippen molar-refractivity contribution in [2.75, 3.05) is 6.61 Å². The molecule has 3 nitrogen and oxygen atoms in total. The van der Waals surface area contributed by atoms with Crippen LogP contribution in [0.5, 0.6) is 5.75 Å². The number of aliphatic hydroxyl groups excluding tert-OH is 1. The summed E-state index contributed by atoms with van der Waals surface area (Å²) in [5.41, 5.74) is 2.10. The van der Waals surface area contributed by atoms with Gasteiger partial charge in [0.05, 0.1) is 16.3 Å². The van der Waals surface area contributed by atoms with Gasteiger partial charge >= 0.3 is 0 Å². The van der Waals surface area contributed by atoms with Gasteiger partial charge < -0.3 is 9.84 Å². The molecular weight excluding hydrogens is 270 g/mol. The van der Waals surface area contributed by atoms with Gasteiger partial charge in [0.15, 0.2) is 0 Å². The first-order valence-corrected chi connectivity index (χ1v) is 7.31. The molecule has 1 aromatic heterocycles. The summed E-state index contributed by atoms with van der Waals surface area (Å²) in [6, 6.07) is 16.0. The highest BCUT2D eigenvalue weighted by atomic mass is 32.1. The van der Waals surface area contributed by atoms with E-state index in [4.69, 9.17) is 4.74 Å². The summed E-state index contributed by atoms with van der Waals surface area (Å²) in [6.45, 7) is 2.01. The monoisotopic (exact) mass is 285 g/mol. The highest BCUT2D eigenvalue weighted by Crippen LogP contribution is 2.32. The van der Waals surface area contributed by atoms with Crippen LogP contribution in [0.3, 0.4) is 0 Å². The first kappa shape index (κ1) is 13.1. The number of aromatic nitrogens is 1. The molecule has 3 aromatic rings. The summed E-state index contributed by atoms with van der Waals surface area (Å²) in [7, 11) is 0. The molecule has 0 spiro atoms. The Balaban J connectivity index is 1.91. The van der Waals surface area contributed by atoms with E-state index in [1.807, 2.05) is 36.4 Å². The third-order valence-corrected chi connectivity index (χ3v) is 3.94. The molecule has 1 atom stereocenters. The van der Waals surface area contributed by atoms with Crippen molar-refractivity contribution in [1.29, 1.82) is 0 Å². The van der Waals surface area contributed by atoms with E-state index in [0.29, 0.717) is 6.61 Å². The minimum absolute atomic E-state index is 0.301. The van der Waals surface area contributed by atoms with Crippen molar-refractivity contribution < 1.29 is 9.84 Å². The number of hydrogen-bond donors (Lipinski definition) is 1. The number of nitrogens with zero attached hydrogens (tertiary/aromatic N) is 1. The van der Waals surface area contributed by atoms with Gasteiger partial charge in [-0.3, -0.25) is 0 Å². The second-order valence-electron chi connectivity index (χ2n) is 4.67. The number of thiazole rings is 1. The maximum absolute atomic E-state index is 9.25. The molecule has 102 valence electrons. The maximum Gasteiger partial charge on any atom is 0.124 e. The molecule has 1 heterocycles. The molecule has 0 aliphatic heterocycles. The molecule has 4 heteroatoms. The number of aliphatic hydroxyl groups is 1. The Morgan fingerprint density at radius 3 is 2.75 bits per heavy atom. The van der Waals surface area contributed by atoms with Crippen LogP contribution in [-0.4, -0.2) is 22.8 Å². The summed E-state index contributed by atoms with van der Waals surface area (Å²) in [4.78, 5) is 4.63. The van der Waals surface area contributed by atoms with E-state index in [1.165, 1.54) is 0 Å². The van der Waals surface area contributed by atoms with Gasteiger partial charge in [-0.25, -0.2) is 4.98 Å². The van der Waals surface area contributed by atoms with Crippen LogP contribution < -0.4 is 4.74 Å². The molecule has 1 N–H and O–H groups in total. The lowest BCUT2D eigenvalue weighted by Crippen LogP contribution is -2.12. The Labute approximate surface area is 121 Å². The van der Waals surface area contributed by atoms with Crippen LogP contribution >= 0.6 is 11.3 Å². The zero-order chi connectivity index (χ0) is 13.9. The van der Waals surface area contributed by atoms with Crippen LogP contribution in [0.2, 0.25) is 0 Å². The van der Waals surface area contributed by atoms with Crippen molar-refractivity contribution in [2.45, 2.75) is 13.0 Å². The van der Waals surface area contributed by atoms with E-state index < -0.39 is 6.10 Å². The Morgan fingerprint density at radius 1 is 1.20 bits per heavy atom. The smallest absolute Gasteiger partial charge is 0.124 e. The van der Waals surface area contributed by atoms with Gasteiger partial charge in [0.25, 0.3) is 0 Å². The number of hydrogen-bond acceptors (Lipinski definition) is 4. The first-order valence-electron chi connectivity index (χ1n) is 6.49. The predicted molar refractivity (Wildman–Crippen MR) is 82.2 cm³/mol. The van der Waals surface area contributed by atoms with Gasteiger partial charge in [0.1, 0.15) is 17.4 Å². The average Bonchev–Trinajstić information content (AvgIpc) is 2.89. The van der Waals surface area contributed by atoms with Crippen molar-refractivity contribution in [3.63, 3.8) is 0 Å². The molecule has 20 heavy (non-hydrogen) atoms. The zero-order valence-corrected chi connectivity index (χ0v) is 11.9. The summed E-state index contributed by atoms with van der Waals surface area (Å²) in [5, 5.41) is 10.3. The molecule has 0 aliphatic rings. The third kappa shape index (κ3) is 2.81. The summed E-state index contributed by atoms with van der Waals surface area (Å²) < 4.78 is 6.61. The molecular formula is C16H15NO2S. The van der Waals surface area contributed by atoms with Crippen LogP contribution in [-0.2, 0) is 0 Å². The molecule has 1 unspecified atom stereocenters. The van der Waals surface area contributed by atoms with E-state index >= 15 is 0 Å². The standard InChI is InChI=1S/C16H15NO2S/c1-11(18)10-19-13-7-8-14-15(9-13)20-16(17-14)12-5-3-2-4-6-12/h2-9,11,18H,10H2,1H3. The van der Waals surface area contributed by atoms with Gasteiger partial charge in [-0.1, -0.05) is 30.3 Å². The number of rotatable bonds is 4. The van der Waals surface area contributed by atoms with Crippen LogP contribution in [0.25, 0.3) is 20.8 Å². The fourth-order valence-electron chi connectivity index (χ4n) is 1.92. The fourth-order valence-corrected chi connectivity index (χ4v) is 2.92. The van der Waals surface area contributed by atoms with E-state index in [0.717, 1.165) is 26.5 Å². The van der Waals surface area contributed by atoms with Crippen LogP contribution in [0, 0.1) is 0 Å². The lowest BCUT2D eigenvalue weighted by Gasteiger charge is -2.07. The predicted octanol–water partition coefficient (Wildman–Crippen LogP) is 3.72. The van der Waals surface area contributed by atoms with Crippen LogP contribution in [0.15, 0.2) is 48.5 Å². The summed E-state index contributed by atoms with van der Waals surface area (Å²) >= 11 is 1.65. The molecule has 0 radical (unpaired) electrons. The Hall–Kier alpha value is -1.91. The maximum atomic E-state index is 9.25. The Morgan fingerprint density at radius 2 is 2.00 bits per heavy atom. The van der Waals surface area contributed by atoms with Gasteiger partial charge in [0.2, 0.25) is 0 Å². The highest BCUT2D eigenvalue weighted by molar-refractivity contribution is 7.21. The third-order valence-electron chi connectivity index (χ3n) is 2.87. The number of fused-ring (bicyclic) bond motifs is 1. The lowest BCUT2D eigenvalue weighted by atomic mass is 10.2. The molecule has 0 saturated carbocycles. The van der Waals surface area contributed by atoms with Gasteiger partial charge in [0, 0.05) is 5.56 Å². The quantitative estimate of drug-likeness (QED) is 0.794. The van der Waals surface area contributed by atoms with Crippen LogP contribution in [0.4, 0.5) is 0 Å². The highest BCUT2D eigenvalue weighted by Gasteiger charge is 2.07. The molecule has 0 saturated heterocycles. The Bertz CT molecular complexity index is 707. The molecule has 0 amide bonds. The van der Waals surface area contributed by atoms with Crippen molar-refractivity contribution >= 4 is 21.6 Å². The second kappa shape index (κ2) is 5.61. The van der Waals surface area contributed by atoms with Crippen molar-refractivity contribution in [3.05, 3.63) is 48.5 Å². The topological polar surface area (TPSA) is 42.4 Å². The number of ether oxygens (including phenoxy) is 1. The second-order valence-corrected chi connectivity index (χ2v) is 5.71. The normalized spacial score (nSPS) is 12.5. The SMILES string of the molecule is CC(O)COc1ccc2nc(-c3ccccc3)sc2c1. The van der Waals surface area contributed by atoms with Crippen molar-refractivity contribution in [1.82, 2.24) is 4.98 Å². The molecule has 0 bridgehead atoms. The van der Waals surface area contributed by atoms with E-state index in [-0.39, 0.29) is 0 Å². The van der Waals surface area contributed by atoms with Crippen LogP contribution in [0.1, 0.15) is 6.92 Å². The van der Waals surface area contributed by atoms with E-state index in [2.05, 4.69) is 17.1 Å². The van der Waals surface area contributed by atoms with Gasteiger partial charge in [-0.05, 0) is 25.1 Å². The largest absolute Gasteiger partial charge is 0.491 e. The summed E-state index contributed by atoms with van der Waals surface area (Å²) in [6.07, 6.45) is -0.466.